The van der Waals surface area contributed by atoms with Gasteiger partial charge >= 0.3 is 6.09 Å². The smallest absolute Gasteiger partial charge is 0.407 e. The summed E-state index contributed by atoms with van der Waals surface area (Å²) >= 11 is 5.98. The lowest BCUT2D eigenvalue weighted by molar-refractivity contribution is 0.0849. The van der Waals surface area contributed by atoms with E-state index in [1.807, 2.05) is 13.0 Å². The van der Waals surface area contributed by atoms with Crippen LogP contribution in [0.5, 0.6) is 0 Å². The van der Waals surface area contributed by atoms with Gasteiger partial charge in [-0.05, 0) is 19.3 Å². The van der Waals surface area contributed by atoms with Gasteiger partial charge in [0.1, 0.15) is 17.3 Å². The predicted molar refractivity (Wildman–Crippen MR) is 79.9 cm³/mol. The summed E-state index contributed by atoms with van der Waals surface area (Å²) in [5, 5.41) is 21.2. The Morgan fingerprint density at radius 1 is 1.55 bits per heavy atom. The molecule has 2 atom stereocenters. The number of carbonyl (C=O) groups excluding carboxylic acids is 1. The van der Waals surface area contributed by atoms with Crippen LogP contribution in [-0.2, 0) is 0 Å². The minimum Gasteiger partial charge on any atom is -0.465 e. The topological polar surface area (TPSA) is 109 Å². The molecule has 0 aliphatic carbocycles. The molecular formula is C14H17ClN4O3. The highest BCUT2D eigenvalue weighted by Crippen LogP contribution is 2.24. The first-order chi connectivity index (χ1) is 10.3. The highest BCUT2D eigenvalue weighted by atomic mass is 35.5. The highest BCUT2D eigenvalue weighted by molar-refractivity contribution is 6.33. The molecule has 0 aromatic carbocycles. The second-order valence-electron chi connectivity index (χ2n) is 5.50. The Balaban J connectivity index is 2.09. The molecule has 3 N–H and O–H groups in total. The van der Waals surface area contributed by atoms with E-state index in [0.29, 0.717) is 25.2 Å². The fourth-order valence-corrected chi connectivity index (χ4v) is 2.84. The van der Waals surface area contributed by atoms with Gasteiger partial charge in [0.2, 0.25) is 0 Å². The van der Waals surface area contributed by atoms with Crippen molar-refractivity contribution in [3.63, 3.8) is 0 Å². The van der Waals surface area contributed by atoms with E-state index in [4.69, 9.17) is 22.0 Å². The zero-order valence-electron chi connectivity index (χ0n) is 12.3. The summed E-state index contributed by atoms with van der Waals surface area (Å²) in [5.74, 6) is -0.405. The van der Waals surface area contributed by atoms with Crippen LogP contribution in [0.4, 0.5) is 4.79 Å². The van der Waals surface area contributed by atoms with Crippen LogP contribution in [0.25, 0.3) is 0 Å². The minimum absolute atomic E-state index is 0.00846. The number of amides is 2. The fourth-order valence-electron chi connectivity index (χ4n) is 2.65. The molecule has 0 radical (unpaired) electrons. The number of carbonyl (C=O) groups is 2. The number of nitriles is 1. The molecule has 0 spiro atoms. The Kier molecular flexibility index (Phi) is 4.62. The normalized spacial score (nSPS) is 21.3. The molecule has 1 saturated heterocycles. The number of aryl methyl sites for hydroxylation is 1. The van der Waals surface area contributed by atoms with E-state index < -0.39 is 12.0 Å². The number of nitrogens with one attached hydrogen (secondary N) is 2. The average molecular weight is 325 g/mol. The van der Waals surface area contributed by atoms with E-state index in [1.165, 1.54) is 4.90 Å². The predicted octanol–water partition coefficient (Wildman–Crippen LogP) is 1.97. The van der Waals surface area contributed by atoms with Gasteiger partial charge in [-0.3, -0.25) is 4.79 Å². The quantitative estimate of drug-likeness (QED) is 0.772. The molecule has 0 saturated carbocycles. The second-order valence-corrected chi connectivity index (χ2v) is 5.88. The number of hydrogen-bond acceptors (Lipinski definition) is 3. The molecule has 8 heteroatoms. The number of aromatic amines is 1. The van der Waals surface area contributed by atoms with Crippen LogP contribution < -0.4 is 5.32 Å². The van der Waals surface area contributed by atoms with Gasteiger partial charge in [0.25, 0.3) is 5.91 Å². The Labute approximate surface area is 132 Å². The average Bonchev–Trinajstić information content (AvgIpc) is 2.76. The summed E-state index contributed by atoms with van der Waals surface area (Å²) in [6.07, 6.45) is -0.413. The van der Waals surface area contributed by atoms with Crippen LogP contribution in [-0.4, -0.2) is 46.1 Å². The number of piperidine rings is 1. The summed E-state index contributed by atoms with van der Waals surface area (Å²) in [6.45, 7) is 4.32. The lowest BCUT2D eigenvalue weighted by Crippen LogP contribution is -2.51. The zero-order valence-corrected chi connectivity index (χ0v) is 13.1. The van der Waals surface area contributed by atoms with Gasteiger partial charge in [-0.2, -0.15) is 5.26 Å². The van der Waals surface area contributed by atoms with Gasteiger partial charge in [0, 0.05) is 24.8 Å². The van der Waals surface area contributed by atoms with Crippen molar-refractivity contribution in [3.05, 3.63) is 22.0 Å². The maximum Gasteiger partial charge on any atom is 0.407 e. The van der Waals surface area contributed by atoms with Crippen LogP contribution in [0.2, 0.25) is 5.02 Å². The van der Waals surface area contributed by atoms with Gasteiger partial charge in [0.15, 0.2) is 0 Å². The number of nitrogens with zero attached hydrogens (tertiary/aromatic N) is 2. The van der Waals surface area contributed by atoms with Crippen molar-refractivity contribution in [2.45, 2.75) is 26.3 Å². The maximum absolute atomic E-state index is 12.3. The summed E-state index contributed by atoms with van der Waals surface area (Å²) in [7, 11) is 0. The summed E-state index contributed by atoms with van der Waals surface area (Å²) < 4.78 is 0. The van der Waals surface area contributed by atoms with Crippen molar-refractivity contribution in [3.8, 4) is 6.07 Å². The van der Waals surface area contributed by atoms with Crippen LogP contribution in [0.3, 0.4) is 0 Å². The van der Waals surface area contributed by atoms with Crippen LogP contribution in [0.1, 0.15) is 35.1 Å². The number of H-pyrrole nitrogens is 1. The van der Waals surface area contributed by atoms with Crippen molar-refractivity contribution in [2.24, 2.45) is 5.92 Å². The van der Waals surface area contributed by atoms with E-state index >= 15 is 0 Å². The molecule has 1 fully saturated rings. The molecule has 7 nitrogen and oxygen atoms in total. The Hall–Kier alpha value is -2.20. The first-order valence-electron chi connectivity index (χ1n) is 6.92. The number of rotatable bonds is 2. The largest absolute Gasteiger partial charge is 0.465 e. The molecule has 2 amide bonds. The molecule has 1 aliphatic rings. The summed E-state index contributed by atoms with van der Waals surface area (Å²) in [5.41, 5.74) is 0.849. The fraction of sp³-hybridized carbons (Fsp3) is 0.500. The van der Waals surface area contributed by atoms with E-state index in [2.05, 4.69) is 10.3 Å². The highest BCUT2D eigenvalue weighted by Gasteiger charge is 2.30. The minimum atomic E-state index is -0.949. The van der Waals surface area contributed by atoms with Crippen LogP contribution >= 0.6 is 11.6 Å². The summed E-state index contributed by atoms with van der Waals surface area (Å²) in [4.78, 5) is 27.5. The Morgan fingerprint density at radius 3 is 2.77 bits per heavy atom. The molecular weight excluding hydrogens is 308 g/mol. The first-order valence-corrected chi connectivity index (χ1v) is 7.29. The third-order valence-corrected chi connectivity index (χ3v) is 4.41. The van der Waals surface area contributed by atoms with Crippen LogP contribution in [0, 0.1) is 24.2 Å². The van der Waals surface area contributed by atoms with Crippen molar-refractivity contribution < 1.29 is 14.7 Å². The Morgan fingerprint density at radius 2 is 2.23 bits per heavy atom. The summed E-state index contributed by atoms with van der Waals surface area (Å²) in [6, 6.07) is 1.78. The molecule has 118 valence electrons. The number of likely N-dealkylation sites (tertiary alicyclic amines) is 1. The van der Waals surface area contributed by atoms with E-state index in [-0.39, 0.29) is 28.2 Å². The van der Waals surface area contributed by atoms with Gasteiger partial charge in [-0.25, -0.2) is 4.79 Å². The van der Waals surface area contributed by atoms with Gasteiger partial charge < -0.3 is 20.3 Å². The lowest BCUT2D eigenvalue weighted by Gasteiger charge is -2.35. The molecule has 1 aromatic heterocycles. The van der Waals surface area contributed by atoms with Gasteiger partial charge in [-0.1, -0.05) is 18.5 Å². The molecule has 22 heavy (non-hydrogen) atoms. The number of aromatic nitrogens is 1. The Bertz CT molecular complexity index is 649. The zero-order chi connectivity index (χ0) is 16.4. The molecule has 1 aromatic rings. The van der Waals surface area contributed by atoms with Gasteiger partial charge in [-0.15, -0.1) is 0 Å². The van der Waals surface area contributed by atoms with Crippen molar-refractivity contribution in [1.29, 1.82) is 5.26 Å². The van der Waals surface area contributed by atoms with Crippen molar-refractivity contribution in [2.75, 3.05) is 13.1 Å². The molecule has 0 bridgehead atoms. The van der Waals surface area contributed by atoms with E-state index in [9.17, 15) is 9.59 Å². The second kappa shape index (κ2) is 6.28. The maximum atomic E-state index is 12.3. The SMILES string of the molecule is Cc1[nH]c(C(=O)N[C@@H]2CCN(C(=O)O)C[C@@H]2C)c(C#N)c1Cl. The number of carboxylic acid groups (broad SMARTS) is 1. The number of halogens is 1. The van der Waals surface area contributed by atoms with E-state index in [0.717, 1.165) is 0 Å². The lowest BCUT2D eigenvalue weighted by atomic mass is 9.94. The van der Waals surface area contributed by atoms with Crippen LogP contribution in [0.15, 0.2) is 0 Å². The molecule has 1 aliphatic heterocycles. The first kappa shape index (κ1) is 16.2. The molecule has 2 rings (SSSR count). The van der Waals surface area contributed by atoms with E-state index in [1.54, 1.807) is 6.92 Å². The molecule has 2 heterocycles. The van der Waals surface area contributed by atoms with Gasteiger partial charge in [0.05, 0.1) is 5.02 Å². The monoisotopic (exact) mass is 324 g/mol. The van der Waals surface area contributed by atoms with Crippen molar-refractivity contribution >= 4 is 23.6 Å². The number of hydrogen-bond donors (Lipinski definition) is 3. The third-order valence-electron chi connectivity index (χ3n) is 3.94. The third kappa shape index (κ3) is 3.02. The van der Waals surface area contributed by atoms with Crippen molar-refractivity contribution in [1.82, 2.24) is 15.2 Å². The standard InChI is InChI=1S/C14H17ClN4O3/c1-7-6-19(14(21)22)4-3-10(7)18-13(20)12-9(5-16)11(15)8(2)17-12/h7,10,17H,3-4,6H2,1-2H3,(H,18,20)(H,21,22)/t7-,10+/m0/s1. The molecule has 0 unspecified atom stereocenters.